The summed E-state index contributed by atoms with van der Waals surface area (Å²) in [6, 6.07) is 3.61. The van der Waals surface area contributed by atoms with Gasteiger partial charge in [0.25, 0.3) is 0 Å². The summed E-state index contributed by atoms with van der Waals surface area (Å²) in [6.45, 7) is 3.08. The van der Waals surface area contributed by atoms with Crippen LogP contribution in [0.15, 0.2) is 18.2 Å². The van der Waals surface area contributed by atoms with Crippen molar-refractivity contribution >= 4 is 24.2 Å². The van der Waals surface area contributed by atoms with Crippen LogP contribution in [-0.2, 0) is 9.59 Å². The van der Waals surface area contributed by atoms with E-state index in [-0.39, 0.29) is 42.7 Å². The molecule has 1 heterocycles. The maximum absolute atomic E-state index is 13.5. The minimum absolute atomic E-state index is 0. The van der Waals surface area contributed by atoms with Gasteiger partial charge in [0.2, 0.25) is 11.8 Å². The Hall–Kier alpha value is -1.73. The Kier molecular flexibility index (Phi) is 8.78. The zero-order valence-corrected chi connectivity index (χ0v) is 14.9. The fourth-order valence-corrected chi connectivity index (χ4v) is 2.90. The molecule has 2 atom stereocenters. The number of halogens is 3. The lowest BCUT2D eigenvalue weighted by Gasteiger charge is -2.33. The zero-order valence-electron chi connectivity index (χ0n) is 14.1. The van der Waals surface area contributed by atoms with Crippen LogP contribution in [0, 0.1) is 11.6 Å². The molecule has 0 radical (unpaired) electrons. The van der Waals surface area contributed by atoms with Crippen LogP contribution >= 0.6 is 12.4 Å². The van der Waals surface area contributed by atoms with Gasteiger partial charge in [-0.15, -0.1) is 12.4 Å². The number of hydrogen-bond donors (Lipinski definition) is 3. The Morgan fingerprint density at radius 2 is 2.00 bits per heavy atom. The quantitative estimate of drug-likeness (QED) is 0.711. The van der Waals surface area contributed by atoms with Crippen LogP contribution in [0.5, 0.6) is 0 Å². The Morgan fingerprint density at radius 1 is 1.24 bits per heavy atom. The van der Waals surface area contributed by atoms with Crippen molar-refractivity contribution in [2.75, 3.05) is 19.6 Å². The van der Waals surface area contributed by atoms with Crippen molar-refractivity contribution in [3.63, 3.8) is 0 Å². The first-order valence-electron chi connectivity index (χ1n) is 8.23. The monoisotopic (exact) mass is 375 g/mol. The molecule has 1 saturated heterocycles. The van der Waals surface area contributed by atoms with E-state index in [0.29, 0.717) is 24.9 Å². The molecule has 0 spiro atoms. The molecule has 140 valence electrons. The molecule has 5 nitrogen and oxygen atoms in total. The zero-order chi connectivity index (χ0) is 17.5. The van der Waals surface area contributed by atoms with Gasteiger partial charge in [-0.2, -0.15) is 0 Å². The predicted molar refractivity (Wildman–Crippen MR) is 93.7 cm³/mol. The van der Waals surface area contributed by atoms with Gasteiger partial charge >= 0.3 is 0 Å². The highest BCUT2D eigenvalue weighted by molar-refractivity contribution is 5.85. The second kappa shape index (κ2) is 10.3. The standard InChI is InChI=1S/C17H23F2N3O2.ClH/c1-2-3-16(23)21-10-17(24)22-15-9-20-7-6-12(15)11-4-5-13(18)14(19)8-11;/h4-5,8,12,15,20H,2-3,6-7,9-10H2,1H3,(H,21,23)(H,22,24);1H. The average Bonchev–Trinajstić information content (AvgIpc) is 2.56. The van der Waals surface area contributed by atoms with Gasteiger partial charge in [-0.05, 0) is 37.1 Å². The molecule has 2 unspecified atom stereocenters. The molecule has 0 bridgehead atoms. The number of benzene rings is 1. The van der Waals surface area contributed by atoms with Gasteiger partial charge in [-0.3, -0.25) is 9.59 Å². The normalized spacial score (nSPS) is 19.6. The molecule has 1 aliphatic rings. The summed E-state index contributed by atoms with van der Waals surface area (Å²) in [5, 5.41) is 8.61. The number of rotatable bonds is 6. The molecule has 25 heavy (non-hydrogen) atoms. The van der Waals surface area contributed by atoms with Gasteiger partial charge in [0.15, 0.2) is 11.6 Å². The third-order valence-corrected chi connectivity index (χ3v) is 4.12. The average molecular weight is 376 g/mol. The van der Waals surface area contributed by atoms with Crippen molar-refractivity contribution in [2.24, 2.45) is 0 Å². The smallest absolute Gasteiger partial charge is 0.239 e. The van der Waals surface area contributed by atoms with Crippen molar-refractivity contribution in [2.45, 2.75) is 38.1 Å². The lowest BCUT2D eigenvalue weighted by atomic mass is 9.86. The summed E-state index contributed by atoms with van der Waals surface area (Å²) in [5.41, 5.74) is 0.663. The Morgan fingerprint density at radius 3 is 2.68 bits per heavy atom. The molecule has 2 rings (SSSR count). The van der Waals surface area contributed by atoms with Crippen molar-refractivity contribution in [1.82, 2.24) is 16.0 Å². The first-order valence-corrected chi connectivity index (χ1v) is 8.23. The van der Waals surface area contributed by atoms with Crippen LogP contribution in [0.25, 0.3) is 0 Å². The summed E-state index contributed by atoms with van der Waals surface area (Å²) >= 11 is 0. The van der Waals surface area contributed by atoms with Crippen LogP contribution in [0.2, 0.25) is 0 Å². The summed E-state index contributed by atoms with van der Waals surface area (Å²) < 4.78 is 26.6. The third-order valence-electron chi connectivity index (χ3n) is 4.12. The molecule has 8 heteroatoms. The Bertz CT molecular complexity index is 601. The van der Waals surface area contributed by atoms with Gasteiger partial charge in [0.05, 0.1) is 6.54 Å². The maximum atomic E-state index is 13.5. The van der Waals surface area contributed by atoms with Crippen LogP contribution in [0.3, 0.4) is 0 Å². The number of carbonyl (C=O) groups excluding carboxylic acids is 2. The van der Waals surface area contributed by atoms with Crippen LogP contribution in [0.1, 0.15) is 37.7 Å². The van der Waals surface area contributed by atoms with Gasteiger partial charge < -0.3 is 16.0 Å². The van der Waals surface area contributed by atoms with E-state index < -0.39 is 11.6 Å². The number of nitrogens with one attached hydrogen (secondary N) is 3. The second-order valence-corrected chi connectivity index (χ2v) is 5.97. The fourth-order valence-electron chi connectivity index (χ4n) is 2.90. The number of piperidine rings is 1. The summed E-state index contributed by atoms with van der Waals surface area (Å²) in [7, 11) is 0. The lowest BCUT2D eigenvalue weighted by molar-refractivity contribution is -0.126. The fraction of sp³-hybridized carbons (Fsp3) is 0.529. The van der Waals surface area contributed by atoms with Crippen LogP contribution in [0.4, 0.5) is 8.78 Å². The summed E-state index contributed by atoms with van der Waals surface area (Å²) in [5.74, 6) is -2.32. The molecule has 1 aromatic rings. The first-order chi connectivity index (χ1) is 11.5. The molecular formula is C17H24ClF2N3O2. The molecule has 1 aromatic carbocycles. The van der Waals surface area contributed by atoms with E-state index in [0.717, 1.165) is 19.0 Å². The molecule has 3 N–H and O–H groups in total. The van der Waals surface area contributed by atoms with Crippen molar-refractivity contribution in [1.29, 1.82) is 0 Å². The molecule has 0 aromatic heterocycles. The lowest BCUT2D eigenvalue weighted by Crippen LogP contribution is -2.52. The Balaban J connectivity index is 0.00000312. The van der Waals surface area contributed by atoms with Crippen LogP contribution in [-0.4, -0.2) is 37.5 Å². The highest BCUT2D eigenvalue weighted by Gasteiger charge is 2.28. The minimum atomic E-state index is -0.886. The van der Waals surface area contributed by atoms with Gasteiger partial charge in [0, 0.05) is 24.9 Å². The van der Waals surface area contributed by atoms with E-state index >= 15 is 0 Å². The molecule has 1 fully saturated rings. The van der Waals surface area contributed by atoms with Crippen LogP contribution < -0.4 is 16.0 Å². The van der Waals surface area contributed by atoms with E-state index in [1.165, 1.54) is 6.07 Å². The topological polar surface area (TPSA) is 70.2 Å². The van der Waals surface area contributed by atoms with E-state index in [2.05, 4.69) is 16.0 Å². The highest BCUT2D eigenvalue weighted by atomic mass is 35.5. The molecular weight excluding hydrogens is 352 g/mol. The molecule has 0 saturated carbocycles. The van der Waals surface area contributed by atoms with Gasteiger partial charge in [0.1, 0.15) is 0 Å². The molecule has 0 aliphatic carbocycles. The highest BCUT2D eigenvalue weighted by Crippen LogP contribution is 2.26. The predicted octanol–water partition coefficient (Wildman–Crippen LogP) is 1.86. The SMILES string of the molecule is CCCC(=O)NCC(=O)NC1CNCCC1c1ccc(F)c(F)c1.Cl. The molecule has 1 aliphatic heterocycles. The summed E-state index contributed by atoms with van der Waals surface area (Å²) in [4.78, 5) is 23.4. The number of carbonyl (C=O) groups is 2. The van der Waals surface area contributed by atoms with Gasteiger partial charge in [-0.1, -0.05) is 13.0 Å². The van der Waals surface area contributed by atoms with Crippen molar-refractivity contribution < 1.29 is 18.4 Å². The number of hydrogen-bond acceptors (Lipinski definition) is 3. The van der Waals surface area contributed by atoms with E-state index in [9.17, 15) is 18.4 Å². The molecule has 2 amide bonds. The third kappa shape index (κ3) is 6.25. The maximum Gasteiger partial charge on any atom is 0.239 e. The van der Waals surface area contributed by atoms with Gasteiger partial charge in [-0.25, -0.2) is 8.78 Å². The number of amides is 2. The van der Waals surface area contributed by atoms with Crippen molar-refractivity contribution in [3.05, 3.63) is 35.4 Å². The van der Waals surface area contributed by atoms with E-state index in [1.807, 2.05) is 6.92 Å². The summed E-state index contributed by atoms with van der Waals surface area (Å²) in [6.07, 6.45) is 1.81. The second-order valence-electron chi connectivity index (χ2n) is 5.97. The largest absolute Gasteiger partial charge is 0.350 e. The minimum Gasteiger partial charge on any atom is -0.350 e. The Labute approximate surface area is 152 Å². The van der Waals surface area contributed by atoms with E-state index in [4.69, 9.17) is 0 Å². The van der Waals surface area contributed by atoms with Crippen molar-refractivity contribution in [3.8, 4) is 0 Å². The van der Waals surface area contributed by atoms with E-state index in [1.54, 1.807) is 6.07 Å². The first kappa shape index (κ1) is 21.3.